The molecule has 22 heavy (non-hydrogen) atoms. The van der Waals surface area contributed by atoms with E-state index in [1.54, 1.807) is 30.3 Å². The molecule has 0 saturated carbocycles. The second kappa shape index (κ2) is 6.90. The van der Waals surface area contributed by atoms with Crippen LogP contribution in [0.2, 0.25) is 0 Å². The Morgan fingerprint density at radius 1 is 1.09 bits per heavy atom. The van der Waals surface area contributed by atoms with Crippen LogP contribution in [0.5, 0.6) is 0 Å². The van der Waals surface area contributed by atoms with Crippen molar-refractivity contribution in [1.82, 2.24) is 4.72 Å². The van der Waals surface area contributed by atoms with E-state index in [1.807, 2.05) is 38.1 Å². The minimum Gasteiger partial charge on any atom is -0.207 e. The first-order chi connectivity index (χ1) is 10.4. The average Bonchev–Trinajstić information content (AvgIpc) is 2.47. The maximum Gasteiger partial charge on any atom is 0.241 e. The lowest BCUT2D eigenvalue weighted by Crippen LogP contribution is -2.28. The van der Waals surface area contributed by atoms with Gasteiger partial charge in [-0.15, -0.1) is 6.58 Å². The monoisotopic (exact) mass is 315 g/mol. The molecular weight excluding hydrogens is 294 g/mol. The van der Waals surface area contributed by atoms with Gasteiger partial charge in [0.25, 0.3) is 0 Å². The Bertz CT molecular complexity index is 749. The SMILES string of the molecule is C=CCC(NS(=O)(=O)c1ccc(C)cc1)c1cccc(C)c1. The predicted octanol–water partition coefficient (Wildman–Crippen LogP) is 3.90. The Balaban J connectivity index is 2.30. The minimum absolute atomic E-state index is 0.278. The second-order valence-corrected chi connectivity index (χ2v) is 7.14. The maximum atomic E-state index is 12.5. The molecule has 3 nitrogen and oxygen atoms in total. The summed E-state index contributed by atoms with van der Waals surface area (Å²) in [5, 5.41) is 0. The number of hydrogen-bond acceptors (Lipinski definition) is 2. The summed E-state index contributed by atoms with van der Waals surface area (Å²) in [5.41, 5.74) is 3.07. The van der Waals surface area contributed by atoms with Gasteiger partial charge in [-0.2, -0.15) is 0 Å². The quantitative estimate of drug-likeness (QED) is 0.822. The smallest absolute Gasteiger partial charge is 0.207 e. The molecule has 0 heterocycles. The van der Waals surface area contributed by atoms with Crippen molar-refractivity contribution >= 4 is 10.0 Å². The molecule has 0 bridgehead atoms. The van der Waals surface area contributed by atoms with Crippen LogP contribution in [0, 0.1) is 13.8 Å². The van der Waals surface area contributed by atoms with E-state index in [9.17, 15) is 8.42 Å². The lowest BCUT2D eigenvalue weighted by atomic mass is 10.0. The standard InChI is InChI=1S/C18H21NO2S/c1-4-6-18(16-8-5-7-15(3)13-16)19-22(20,21)17-11-9-14(2)10-12-17/h4-5,7-13,18-19H,1,6H2,2-3H3. The second-order valence-electron chi connectivity index (χ2n) is 5.43. The summed E-state index contributed by atoms with van der Waals surface area (Å²) in [6.45, 7) is 7.64. The molecule has 0 saturated heterocycles. The molecule has 0 aliphatic heterocycles. The highest BCUT2D eigenvalue weighted by Crippen LogP contribution is 2.22. The van der Waals surface area contributed by atoms with Gasteiger partial charge in [0.1, 0.15) is 0 Å². The van der Waals surface area contributed by atoms with Crippen LogP contribution in [0.1, 0.15) is 29.2 Å². The highest BCUT2D eigenvalue weighted by Gasteiger charge is 2.20. The first kappa shape index (κ1) is 16.5. The van der Waals surface area contributed by atoms with Crippen LogP contribution in [0.3, 0.4) is 0 Å². The summed E-state index contributed by atoms with van der Waals surface area (Å²) < 4.78 is 27.9. The topological polar surface area (TPSA) is 46.2 Å². The van der Waals surface area contributed by atoms with Gasteiger partial charge in [-0.3, -0.25) is 0 Å². The van der Waals surface area contributed by atoms with Crippen molar-refractivity contribution in [2.45, 2.75) is 31.2 Å². The van der Waals surface area contributed by atoms with Gasteiger partial charge in [0.15, 0.2) is 0 Å². The Labute approximate surface area is 132 Å². The number of hydrogen-bond donors (Lipinski definition) is 1. The van der Waals surface area contributed by atoms with Gasteiger partial charge in [0, 0.05) is 0 Å². The lowest BCUT2D eigenvalue weighted by molar-refractivity contribution is 0.557. The van der Waals surface area contributed by atoms with Gasteiger partial charge in [0.2, 0.25) is 10.0 Å². The zero-order valence-electron chi connectivity index (χ0n) is 12.9. The Kier molecular flexibility index (Phi) is 5.16. The first-order valence-electron chi connectivity index (χ1n) is 7.19. The molecule has 1 N–H and O–H groups in total. The minimum atomic E-state index is -3.56. The van der Waals surface area contributed by atoms with Crippen molar-refractivity contribution in [3.8, 4) is 0 Å². The van der Waals surface area contributed by atoms with E-state index >= 15 is 0 Å². The molecule has 0 aromatic heterocycles. The summed E-state index contributed by atoms with van der Waals surface area (Å²) >= 11 is 0. The molecule has 0 aliphatic rings. The Morgan fingerprint density at radius 2 is 1.77 bits per heavy atom. The molecular formula is C18H21NO2S. The van der Waals surface area contributed by atoms with Crippen LogP contribution in [0.4, 0.5) is 0 Å². The summed E-state index contributed by atoms with van der Waals surface area (Å²) in [7, 11) is -3.56. The highest BCUT2D eigenvalue weighted by molar-refractivity contribution is 7.89. The third kappa shape index (κ3) is 4.06. The van der Waals surface area contributed by atoms with E-state index in [2.05, 4.69) is 11.3 Å². The zero-order chi connectivity index (χ0) is 16.2. The lowest BCUT2D eigenvalue weighted by Gasteiger charge is -2.18. The summed E-state index contributed by atoms with van der Waals surface area (Å²) in [6.07, 6.45) is 2.26. The first-order valence-corrected chi connectivity index (χ1v) is 8.67. The number of rotatable bonds is 6. The van der Waals surface area contributed by atoms with Gasteiger partial charge in [-0.05, 0) is 38.0 Å². The van der Waals surface area contributed by atoms with Gasteiger partial charge >= 0.3 is 0 Å². The largest absolute Gasteiger partial charge is 0.241 e. The van der Waals surface area contributed by atoms with E-state index in [4.69, 9.17) is 0 Å². The number of nitrogens with one attached hydrogen (secondary N) is 1. The normalized spacial score (nSPS) is 12.8. The third-order valence-electron chi connectivity index (χ3n) is 3.48. The van der Waals surface area contributed by atoms with E-state index in [-0.39, 0.29) is 10.9 Å². The molecule has 0 radical (unpaired) electrons. The van der Waals surface area contributed by atoms with Crippen molar-refractivity contribution in [2.24, 2.45) is 0 Å². The molecule has 4 heteroatoms. The predicted molar refractivity (Wildman–Crippen MR) is 90.2 cm³/mol. The average molecular weight is 315 g/mol. The molecule has 0 fully saturated rings. The maximum absolute atomic E-state index is 12.5. The van der Waals surface area contributed by atoms with Gasteiger partial charge in [0.05, 0.1) is 10.9 Å². The molecule has 1 atom stereocenters. The van der Waals surface area contributed by atoms with Gasteiger partial charge < -0.3 is 0 Å². The van der Waals surface area contributed by atoms with Gasteiger partial charge in [-0.25, -0.2) is 13.1 Å². The molecule has 0 spiro atoms. The fraction of sp³-hybridized carbons (Fsp3) is 0.222. The van der Waals surface area contributed by atoms with Crippen molar-refractivity contribution < 1.29 is 8.42 Å². The van der Waals surface area contributed by atoms with Crippen LogP contribution < -0.4 is 4.72 Å². The van der Waals surface area contributed by atoms with E-state index in [0.29, 0.717) is 6.42 Å². The van der Waals surface area contributed by atoms with Crippen molar-refractivity contribution in [2.75, 3.05) is 0 Å². The Morgan fingerprint density at radius 3 is 2.36 bits per heavy atom. The molecule has 1 unspecified atom stereocenters. The van der Waals surface area contributed by atoms with Crippen LogP contribution in [0.15, 0.2) is 66.1 Å². The van der Waals surface area contributed by atoms with Crippen LogP contribution >= 0.6 is 0 Å². The number of benzene rings is 2. The van der Waals surface area contributed by atoms with Crippen LogP contribution in [0.25, 0.3) is 0 Å². The van der Waals surface area contributed by atoms with E-state index < -0.39 is 10.0 Å². The fourth-order valence-electron chi connectivity index (χ4n) is 2.28. The molecule has 116 valence electrons. The van der Waals surface area contributed by atoms with Crippen molar-refractivity contribution in [1.29, 1.82) is 0 Å². The molecule has 2 aromatic rings. The number of aryl methyl sites for hydroxylation is 2. The Hall–Kier alpha value is -1.91. The zero-order valence-corrected chi connectivity index (χ0v) is 13.7. The van der Waals surface area contributed by atoms with Crippen LogP contribution in [-0.2, 0) is 10.0 Å². The fourth-order valence-corrected chi connectivity index (χ4v) is 3.52. The third-order valence-corrected chi connectivity index (χ3v) is 4.96. The molecule has 2 rings (SSSR count). The van der Waals surface area contributed by atoms with E-state index in [1.165, 1.54) is 0 Å². The van der Waals surface area contributed by atoms with Gasteiger partial charge in [-0.1, -0.05) is 53.6 Å². The molecule has 0 aliphatic carbocycles. The van der Waals surface area contributed by atoms with Crippen molar-refractivity contribution in [3.05, 3.63) is 77.9 Å². The van der Waals surface area contributed by atoms with Crippen LogP contribution in [-0.4, -0.2) is 8.42 Å². The summed E-state index contributed by atoms with van der Waals surface area (Å²) in [4.78, 5) is 0.278. The molecule has 2 aromatic carbocycles. The highest BCUT2D eigenvalue weighted by atomic mass is 32.2. The molecule has 0 amide bonds. The van der Waals surface area contributed by atoms with E-state index in [0.717, 1.165) is 16.7 Å². The van der Waals surface area contributed by atoms with Crippen molar-refractivity contribution in [3.63, 3.8) is 0 Å². The number of sulfonamides is 1. The summed E-state index contributed by atoms with van der Waals surface area (Å²) in [6, 6.07) is 14.4. The summed E-state index contributed by atoms with van der Waals surface area (Å²) in [5.74, 6) is 0.